The average molecular weight is 276 g/mol. The third kappa shape index (κ3) is 3.51. The molecule has 110 valence electrons. The molecular formula is C16H24N2O2. The molecule has 0 radical (unpaired) electrons. The highest BCUT2D eigenvalue weighted by atomic mass is 16.3. The molecule has 20 heavy (non-hydrogen) atoms. The quantitative estimate of drug-likeness (QED) is 0.891. The van der Waals surface area contributed by atoms with Gasteiger partial charge in [-0.3, -0.25) is 0 Å². The Hall–Kier alpha value is -1.55. The number of hydrogen-bond acceptors (Lipinski definition) is 2. The molecule has 1 heterocycles. The van der Waals surface area contributed by atoms with Gasteiger partial charge in [-0.05, 0) is 36.3 Å². The summed E-state index contributed by atoms with van der Waals surface area (Å²) in [5, 5.41) is 12.3. The molecule has 4 nitrogen and oxygen atoms in total. The van der Waals surface area contributed by atoms with Gasteiger partial charge in [0.2, 0.25) is 0 Å². The van der Waals surface area contributed by atoms with E-state index in [0.29, 0.717) is 12.5 Å². The number of piperidine rings is 1. The van der Waals surface area contributed by atoms with Crippen LogP contribution in [0.3, 0.4) is 0 Å². The van der Waals surface area contributed by atoms with Crippen LogP contribution in [0.25, 0.3) is 0 Å². The minimum absolute atomic E-state index is 0.0590. The highest BCUT2D eigenvalue weighted by Gasteiger charge is 2.23. The van der Waals surface area contributed by atoms with E-state index in [0.717, 1.165) is 30.6 Å². The van der Waals surface area contributed by atoms with Gasteiger partial charge >= 0.3 is 6.03 Å². The van der Waals surface area contributed by atoms with Crippen molar-refractivity contribution in [2.45, 2.75) is 32.6 Å². The molecule has 2 rings (SSSR count). The third-order valence-electron chi connectivity index (χ3n) is 3.89. The van der Waals surface area contributed by atoms with E-state index in [4.69, 9.17) is 0 Å². The second kappa shape index (κ2) is 6.75. The van der Waals surface area contributed by atoms with Crippen LogP contribution in [0.4, 0.5) is 10.5 Å². The lowest BCUT2D eigenvalue weighted by Crippen LogP contribution is -2.43. The number of hydrogen-bond donors (Lipinski definition) is 2. The molecular weight excluding hydrogens is 252 g/mol. The van der Waals surface area contributed by atoms with E-state index in [1.54, 1.807) is 0 Å². The van der Waals surface area contributed by atoms with Gasteiger partial charge in [0, 0.05) is 25.4 Å². The monoisotopic (exact) mass is 276 g/mol. The molecule has 0 aliphatic carbocycles. The predicted octanol–water partition coefficient (Wildman–Crippen LogP) is 3.05. The van der Waals surface area contributed by atoms with Crippen molar-refractivity contribution < 1.29 is 9.90 Å². The van der Waals surface area contributed by atoms with Crippen molar-refractivity contribution in [2.75, 3.05) is 25.0 Å². The number of rotatable bonds is 3. The van der Waals surface area contributed by atoms with Crippen molar-refractivity contribution in [3.8, 4) is 0 Å². The molecule has 0 aromatic heterocycles. The minimum atomic E-state index is -0.0590. The number of nitrogens with one attached hydrogen (secondary N) is 1. The van der Waals surface area contributed by atoms with Crippen LogP contribution in [-0.4, -0.2) is 35.7 Å². The number of aliphatic hydroxyl groups is 1. The van der Waals surface area contributed by atoms with Crippen LogP contribution in [0.15, 0.2) is 24.3 Å². The molecule has 0 saturated carbocycles. The second-order valence-corrected chi connectivity index (χ2v) is 5.81. The topological polar surface area (TPSA) is 52.6 Å². The fraction of sp³-hybridized carbons (Fsp3) is 0.562. The number of benzene rings is 1. The Morgan fingerprint density at radius 1 is 1.45 bits per heavy atom. The number of para-hydroxylation sites is 1. The van der Waals surface area contributed by atoms with Crippen molar-refractivity contribution >= 4 is 11.7 Å². The van der Waals surface area contributed by atoms with Crippen molar-refractivity contribution in [3.05, 3.63) is 29.8 Å². The van der Waals surface area contributed by atoms with Crippen LogP contribution < -0.4 is 5.32 Å². The smallest absolute Gasteiger partial charge is 0.321 e. The largest absolute Gasteiger partial charge is 0.396 e. The summed E-state index contributed by atoms with van der Waals surface area (Å²) in [6, 6.07) is 7.87. The van der Waals surface area contributed by atoms with Gasteiger partial charge in [-0.25, -0.2) is 4.79 Å². The summed E-state index contributed by atoms with van der Waals surface area (Å²) in [5.41, 5.74) is 2.04. The minimum Gasteiger partial charge on any atom is -0.396 e. The van der Waals surface area contributed by atoms with Gasteiger partial charge in [0.1, 0.15) is 0 Å². The molecule has 0 spiro atoms. The number of anilines is 1. The number of carbonyl (C=O) groups is 1. The van der Waals surface area contributed by atoms with E-state index in [-0.39, 0.29) is 18.6 Å². The van der Waals surface area contributed by atoms with Crippen LogP contribution in [0.1, 0.15) is 38.2 Å². The Morgan fingerprint density at radius 2 is 2.20 bits per heavy atom. The number of urea groups is 1. The van der Waals surface area contributed by atoms with Crippen molar-refractivity contribution in [3.63, 3.8) is 0 Å². The molecule has 1 atom stereocenters. The maximum atomic E-state index is 12.3. The molecule has 4 heteroatoms. The highest BCUT2D eigenvalue weighted by Crippen LogP contribution is 2.24. The Bertz CT molecular complexity index is 460. The van der Waals surface area contributed by atoms with Gasteiger partial charge in [0.25, 0.3) is 0 Å². The normalized spacial score (nSPS) is 19.2. The molecule has 2 amide bonds. The van der Waals surface area contributed by atoms with Crippen molar-refractivity contribution in [2.24, 2.45) is 5.92 Å². The Kier molecular flexibility index (Phi) is 5.01. The Balaban J connectivity index is 2.04. The number of carbonyl (C=O) groups excluding carboxylic acids is 1. The molecule has 1 unspecified atom stereocenters. The number of amides is 2. The first kappa shape index (κ1) is 14.9. The van der Waals surface area contributed by atoms with E-state index in [1.165, 1.54) is 0 Å². The van der Waals surface area contributed by atoms with E-state index >= 15 is 0 Å². The van der Waals surface area contributed by atoms with Gasteiger partial charge in [-0.15, -0.1) is 0 Å². The van der Waals surface area contributed by atoms with E-state index in [1.807, 2.05) is 29.2 Å². The summed E-state index contributed by atoms with van der Waals surface area (Å²) in [4.78, 5) is 14.1. The first-order valence-electron chi connectivity index (χ1n) is 7.37. The fourth-order valence-electron chi connectivity index (χ4n) is 2.71. The molecule has 1 aromatic carbocycles. The maximum absolute atomic E-state index is 12.3. The van der Waals surface area contributed by atoms with Crippen LogP contribution in [0, 0.1) is 5.92 Å². The summed E-state index contributed by atoms with van der Waals surface area (Å²) < 4.78 is 0. The summed E-state index contributed by atoms with van der Waals surface area (Å²) in [6.45, 7) is 5.81. The molecule has 1 fully saturated rings. The van der Waals surface area contributed by atoms with Gasteiger partial charge < -0.3 is 15.3 Å². The first-order valence-corrected chi connectivity index (χ1v) is 7.37. The van der Waals surface area contributed by atoms with Crippen LogP contribution in [-0.2, 0) is 0 Å². The van der Waals surface area contributed by atoms with Gasteiger partial charge in [-0.1, -0.05) is 32.0 Å². The van der Waals surface area contributed by atoms with Crippen molar-refractivity contribution in [1.29, 1.82) is 0 Å². The van der Waals surface area contributed by atoms with E-state index in [9.17, 15) is 9.90 Å². The maximum Gasteiger partial charge on any atom is 0.321 e. The number of nitrogens with zero attached hydrogens (tertiary/aromatic N) is 1. The zero-order valence-electron chi connectivity index (χ0n) is 12.3. The van der Waals surface area contributed by atoms with E-state index in [2.05, 4.69) is 19.2 Å². The molecule has 0 bridgehead atoms. The Morgan fingerprint density at radius 3 is 2.90 bits per heavy atom. The Labute approximate surface area is 120 Å². The van der Waals surface area contributed by atoms with E-state index < -0.39 is 0 Å². The van der Waals surface area contributed by atoms with Crippen LogP contribution in [0.2, 0.25) is 0 Å². The predicted molar refractivity (Wildman–Crippen MR) is 80.9 cm³/mol. The summed E-state index contributed by atoms with van der Waals surface area (Å²) in [5.74, 6) is 0.591. The average Bonchev–Trinajstić information content (AvgIpc) is 2.47. The zero-order chi connectivity index (χ0) is 14.5. The van der Waals surface area contributed by atoms with Crippen LogP contribution in [0.5, 0.6) is 0 Å². The molecule has 1 saturated heterocycles. The summed E-state index contributed by atoms with van der Waals surface area (Å²) in [7, 11) is 0. The highest BCUT2D eigenvalue weighted by molar-refractivity contribution is 5.90. The van der Waals surface area contributed by atoms with Gasteiger partial charge in [0.05, 0.1) is 0 Å². The lowest BCUT2D eigenvalue weighted by Gasteiger charge is -2.32. The summed E-state index contributed by atoms with van der Waals surface area (Å²) >= 11 is 0. The lowest BCUT2D eigenvalue weighted by atomic mass is 9.99. The zero-order valence-corrected chi connectivity index (χ0v) is 12.3. The van der Waals surface area contributed by atoms with Crippen LogP contribution >= 0.6 is 0 Å². The number of likely N-dealkylation sites (tertiary alicyclic amines) is 1. The second-order valence-electron chi connectivity index (χ2n) is 5.81. The first-order chi connectivity index (χ1) is 9.61. The summed E-state index contributed by atoms with van der Waals surface area (Å²) in [6.07, 6.45) is 1.97. The lowest BCUT2D eigenvalue weighted by molar-refractivity contribution is 0.136. The molecule has 1 aromatic rings. The number of aliphatic hydroxyl groups excluding tert-OH is 1. The molecule has 1 aliphatic rings. The van der Waals surface area contributed by atoms with Gasteiger partial charge in [-0.2, -0.15) is 0 Å². The van der Waals surface area contributed by atoms with Gasteiger partial charge in [0.15, 0.2) is 0 Å². The third-order valence-corrected chi connectivity index (χ3v) is 3.89. The fourth-order valence-corrected chi connectivity index (χ4v) is 2.71. The standard InChI is InChI=1S/C16H24N2O2/c1-12(2)14-7-3-4-8-15(14)17-16(20)18-9-5-6-13(10-18)11-19/h3-4,7-8,12-13,19H,5-6,9-11H2,1-2H3,(H,17,20). The molecule has 2 N–H and O–H groups in total. The van der Waals surface area contributed by atoms with Crippen molar-refractivity contribution in [1.82, 2.24) is 4.90 Å². The SMILES string of the molecule is CC(C)c1ccccc1NC(=O)N1CCCC(CO)C1. The molecule has 1 aliphatic heterocycles.